The number of likely N-dealkylation sites (tertiary alicyclic amines) is 1. The molecular weight excluding hydrogens is 441 g/mol. The molecule has 0 radical (unpaired) electrons. The minimum Gasteiger partial charge on any atom is -0.475 e. The monoisotopic (exact) mass is 472 g/mol. The number of amides is 1. The summed E-state index contributed by atoms with van der Waals surface area (Å²) < 4.78 is 43.6. The molecule has 1 aromatic heterocycles. The number of ether oxygens (including phenoxy) is 2. The first-order valence-electron chi connectivity index (χ1n) is 11.4. The minimum atomic E-state index is -5.08. The molecule has 3 fully saturated rings. The van der Waals surface area contributed by atoms with Crippen LogP contribution in [0.25, 0.3) is 0 Å². The van der Waals surface area contributed by atoms with Crippen LogP contribution >= 0.6 is 0 Å². The summed E-state index contributed by atoms with van der Waals surface area (Å²) in [7, 11) is 0. The second-order valence-corrected chi connectivity index (χ2v) is 8.95. The second-order valence-electron chi connectivity index (χ2n) is 8.95. The van der Waals surface area contributed by atoms with E-state index < -0.39 is 12.1 Å². The zero-order valence-corrected chi connectivity index (χ0v) is 18.5. The summed E-state index contributed by atoms with van der Waals surface area (Å²) in [5.41, 5.74) is 1.16. The predicted molar refractivity (Wildman–Crippen MR) is 112 cm³/mol. The van der Waals surface area contributed by atoms with Gasteiger partial charge in [-0.1, -0.05) is 12.8 Å². The Morgan fingerprint density at radius 1 is 1.18 bits per heavy atom. The van der Waals surface area contributed by atoms with Gasteiger partial charge in [0.2, 0.25) is 5.91 Å². The molecule has 7 nitrogen and oxygen atoms in total. The molecular formula is C23H31F3N2O5. The molecule has 2 saturated heterocycles. The predicted octanol–water partition coefficient (Wildman–Crippen LogP) is 3.68. The summed E-state index contributed by atoms with van der Waals surface area (Å²) in [5.74, 6) is -0.773. The van der Waals surface area contributed by atoms with Crippen molar-refractivity contribution in [3.05, 3.63) is 30.1 Å². The van der Waals surface area contributed by atoms with E-state index in [4.69, 9.17) is 19.4 Å². The zero-order chi connectivity index (χ0) is 23.8. The number of aliphatic carboxylic acids is 1. The topological polar surface area (TPSA) is 89.0 Å². The summed E-state index contributed by atoms with van der Waals surface area (Å²) in [6.45, 7) is 3.88. The highest BCUT2D eigenvalue weighted by Crippen LogP contribution is 2.36. The molecule has 0 unspecified atom stereocenters. The van der Waals surface area contributed by atoms with E-state index >= 15 is 0 Å². The Balaban J connectivity index is 0.000000383. The molecule has 10 heteroatoms. The van der Waals surface area contributed by atoms with Crippen molar-refractivity contribution in [2.75, 3.05) is 26.3 Å². The average molecular weight is 473 g/mol. The number of carboxylic acids is 1. The fraction of sp³-hybridized carbons (Fsp3) is 0.696. The second kappa shape index (κ2) is 11.8. The number of nitrogens with zero attached hydrogens (tertiary/aromatic N) is 2. The Kier molecular flexibility index (Phi) is 9.08. The van der Waals surface area contributed by atoms with Crippen LogP contribution in [-0.2, 0) is 25.7 Å². The number of carbonyl (C=O) groups excluding carboxylic acids is 1. The van der Waals surface area contributed by atoms with Gasteiger partial charge in [-0.05, 0) is 48.8 Å². The summed E-state index contributed by atoms with van der Waals surface area (Å²) in [5, 5.41) is 7.12. The fourth-order valence-electron chi connectivity index (χ4n) is 4.79. The molecule has 0 bridgehead atoms. The number of carbonyl (C=O) groups is 2. The molecule has 1 aromatic rings. The quantitative estimate of drug-likeness (QED) is 0.609. The number of fused-ring (bicyclic) bond motifs is 1. The van der Waals surface area contributed by atoms with Gasteiger partial charge in [0.15, 0.2) is 0 Å². The normalized spacial score (nSPS) is 24.9. The maximum absolute atomic E-state index is 12.6. The highest BCUT2D eigenvalue weighted by atomic mass is 19.4. The van der Waals surface area contributed by atoms with Crippen molar-refractivity contribution >= 4 is 11.9 Å². The van der Waals surface area contributed by atoms with Crippen molar-refractivity contribution in [2.45, 2.75) is 57.4 Å². The van der Waals surface area contributed by atoms with Gasteiger partial charge in [-0.2, -0.15) is 13.2 Å². The van der Waals surface area contributed by atoms with Crippen molar-refractivity contribution < 1.29 is 37.3 Å². The van der Waals surface area contributed by atoms with E-state index in [1.54, 1.807) is 12.4 Å². The molecule has 0 aromatic carbocycles. The molecule has 2 aliphatic heterocycles. The maximum atomic E-state index is 12.6. The molecule has 1 amide bonds. The maximum Gasteiger partial charge on any atom is 0.490 e. The van der Waals surface area contributed by atoms with Gasteiger partial charge in [0.1, 0.15) is 0 Å². The molecule has 184 valence electrons. The summed E-state index contributed by atoms with van der Waals surface area (Å²) >= 11 is 0. The van der Waals surface area contributed by atoms with Crippen LogP contribution in [0.5, 0.6) is 0 Å². The van der Waals surface area contributed by atoms with Crippen LogP contribution in [0.15, 0.2) is 24.5 Å². The Labute approximate surface area is 191 Å². The lowest BCUT2D eigenvalue weighted by molar-refractivity contribution is -0.192. The lowest BCUT2D eigenvalue weighted by Gasteiger charge is -2.21. The largest absolute Gasteiger partial charge is 0.490 e. The zero-order valence-electron chi connectivity index (χ0n) is 18.5. The van der Waals surface area contributed by atoms with Crippen LogP contribution in [0.2, 0.25) is 0 Å². The standard InChI is InChI=1S/C21H30N2O3.C2HF3O2/c24-21(11-16-3-1-2-4-16)23-12-19-18(15-26-20(19)13-23)7-10-25-14-17-5-8-22-9-6-17;3-2(4,5)1(6)7/h5-6,8-9,16,18-20H,1-4,7,10-15H2;(H,6,7)/t18-,19-,20-;/m0./s1. The summed E-state index contributed by atoms with van der Waals surface area (Å²) in [6.07, 6.45) is 5.58. The van der Waals surface area contributed by atoms with Crippen molar-refractivity contribution in [1.29, 1.82) is 0 Å². The third-order valence-electron chi connectivity index (χ3n) is 6.62. The molecule has 3 atom stereocenters. The first-order valence-corrected chi connectivity index (χ1v) is 11.4. The van der Waals surface area contributed by atoms with Crippen LogP contribution in [0, 0.1) is 17.8 Å². The van der Waals surface area contributed by atoms with Gasteiger partial charge >= 0.3 is 12.1 Å². The van der Waals surface area contributed by atoms with E-state index in [-0.39, 0.29) is 6.10 Å². The lowest BCUT2D eigenvalue weighted by atomic mass is 9.91. The molecule has 1 N–H and O–H groups in total. The van der Waals surface area contributed by atoms with Gasteiger partial charge in [0.25, 0.3) is 0 Å². The van der Waals surface area contributed by atoms with Crippen molar-refractivity contribution in [1.82, 2.24) is 9.88 Å². The Morgan fingerprint density at radius 3 is 2.48 bits per heavy atom. The Morgan fingerprint density at radius 2 is 1.85 bits per heavy atom. The summed E-state index contributed by atoms with van der Waals surface area (Å²) in [4.78, 5) is 27.6. The average Bonchev–Trinajstić information content (AvgIpc) is 3.50. The van der Waals surface area contributed by atoms with E-state index in [2.05, 4.69) is 9.88 Å². The molecule has 3 aliphatic rings. The molecule has 3 heterocycles. The number of alkyl halides is 3. The molecule has 0 spiro atoms. The molecule has 1 saturated carbocycles. The van der Waals surface area contributed by atoms with Crippen molar-refractivity contribution in [3.63, 3.8) is 0 Å². The van der Waals surface area contributed by atoms with Crippen LogP contribution in [-0.4, -0.2) is 65.5 Å². The van der Waals surface area contributed by atoms with Gasteiger partial charge in [-0.3, -0.25) is 9.78 Å². The van der Waals surface area contributed by atoms with Gasteiger partial charge in [0, 0.05) is 44.4 Å². The first kappa shape index (κ1) is 25.4. The van der Waals surface area contributed by atoms with Crippen LogP contribution in [0.4, 0.5) is 13.2 Å². The van der Waals surface area contributed by atoms with Gasteiger partial charge in [-0.25, -0.2) is 4.79 Å². The molecule has 1 aliphatic carbocycles. The van der Waals surface area contributed by atoms with E-state index in [9.17, 15) is 18.0 Å². The van der Waals surface area contributed by atoms with Gasteiger partial charge < -0.3 is 19.5 Å². The van der Waals surface area contributed by atoms with Crippen LogP contribution in [0.1, 0.15) is 44.1 Å². The van der Waals surface area contributed by atoms with Crippen LogP contribution in [0.3, 0.4) is 0 Å². The number of aromatic nitrogens is 1. The molecule has 4 rings (SSSR count). The van der Waals surface area contributed by atoms with Gasteiger partial charge in [-0.15, -0.1) is 0 Å². The number of halogens is 3. The smallest absolute Gasteiger partial charge is 0.475 e. The SMILES string of the molecule is O=C(CC1CCCC1)N1C[C@H]2[C@@H](CCOCc3ccncc3)CO[C@H]2C1.O=C(O)C(F)(F)F. The number of hydrogen-bond donors (Lipinski definition) is 1. The first-order chi connectivity index (χ1) is 15.7. The lowest BCUT2D eigenvalue weighted by Crippen LogP contribution is -2.32. The number of carboxylic acid groups (broad SMARTS) is 1. The number of hydrogen-bond acceptors (Lipinski definition) is 5. The highest BCUT2D eigenvalue weighted by molar-refractivity contribution is 5.77. The highest BCUT2D eigenvalue weighted by Gasteiger charge is 2.45. The van der Waals surface area contributed by atoms with E-state index in [0.29, 0.717) is 30.3 Å². The minimum absolute atomic E-state index is 0.243. The van der Waals surface area contributed by atoms with Crippen molar-refractivity contribution in [2.24, 2.45) is 17.8 Å². The molecule has 33 heavy (non-hydrogen) atoms. The Hall–Kier alpha value is -2.20. The Bertz CT molecular complexity index is 771. The summed E-state index contributed by atoms with van der Waals surface area (Å²) in [6, 6.07) is 3.97. The van der Waals surface area contributed by atoms with Crippen molar-refractivity contribution in [3.8, 4) is 0 Å². The van der Waals surface area contributed by atoms with Crippen LogP contribution < -0.4 is 0 Å². The number of pyridine rings is 1. The van der Waals surface area contributed by atoms with Gasteiger partial charge in [0.05, 0.1) is 19.3 Å². The fourth-order valence-corrected chi connectivity index (χ4v) is 4.79. The number of rotatable bonds is 7. The third kappa shape index (κ3) is 7.67. The third-order valence-corrected chi connectivity index (χ3v) is 6.62. The van der Waals surface area contributed by atoms with E-state index in [1.165, 1.54) is 25.7 Å². The van der Waals surface area contributed by atoms with E-state index in [1.807, 2.05) is 12.1 Å². The van der Waals surface area contributed by atoms with E-state index in [0.717, 1.165) is 44.7 Å².